The first kappa shape index (κ1) is 16.9. The van der Waals surface area contributed by atoms with Crippen molar-refractivity contribution in [2.45, 2.75) is 26.7 Å². The summed E-state index contributed by atoms with van der Waals surface area (Å²) < 4.78 is 25.3. The third kappa shape index (κ3) is 4.17. The van der Waals surface area contributed by atoms with E-state index in [0.717, 1.165) is 0 Å². The van der Waals surface area contributed by atoms with Crippen LogP contribution in [0.3, 0.4) is 0 Å². The van der Waals surface area contributed by atoms with E-state index in [-0.39, 0.29) is 6.54 Å². The van der Waals surface area contributed by atoms with Crippen LogP contribution in [0.5, 0.6) is 0 Å². The molecule has 116 valence electrons. The van der Waals surface area contributed by atoms with E-state index in [9.17, 15) is 18.0 Å². The molecule has 0 unspecified atom stereocenters. The van der Waals surface area contributed by atoms with Gasteiger partial charge in [0.25, 0.3) is 0 Å². The Morgan fingerprint density at radius 3 is 2.40 bits per heavy atom. The zero-order valence-corrected chi connectivity index (χ0v) is 12.7. The Bertz CT molecular complexity index is 458. The second-order valence-electron chi connectivity index (χ2n) is 4.86. The summed E-state index contributed by atoms with van der Waals surface area (Å²) in [6.07, 6.45) is 1.12. The summed E-state index contributed by atoms with van der Waals surface area (Å²) in [6, 6.07) is 0. The SMILES string of the molecule is CCN(CC)S(=O)(=O)CC(=O)N1CCC[C@H](C(=O)O)C1. The van der Waals surface area contributed by atoms with Crippen LogP contribution in [0.4, 0.5) is 0 Å². The van der Waals surface area contributed by atoms with Gasteiger partial charge in [0.1, 0.15) is 5.75 Å². The molecule has 1 N–H and O–H groups in total. The van der Waals surface area contributed by atoms with Crippen molar-refractivity contribution in [2.24, 2.45) is 5.92 Å². The molecule has 7 nitrogen and oxygen atoms in total. The molecule has 1 rings (SSSR count). The Morgan fingerprint density at radius 2 is 1.90 bits per heavy atom. The minimum atomic E-state index is -3.61. The van der Waals surface area contributed by atoms with Gasteiger partial charge in [0.15, 0.2) is 0 Å². The van der Waals surface area contributed by atoms with Crippen LogP contribution in [0.2, 0.25) is 0 Å². The highest BCUT2D eigenvalue weighted by Gasteiger charge is 2.31. The molecule has 0 aromatic carbocycles. The zero-order chi connectivity index (χ0) is 15.3. The Labute approximate surface area is 119 Å². The van der Waals surface area contributed by atoms with Crippen molar-refractivity contribution in [1.29, 1.82) is 0 Å². The molecule has 1 saturated heterocycles. The van der Waals surface area contributed by atoms with Crippen molar-refractivity contribution in [1.82, 2.24) is 9.21 Å². The van der Waals surface area contributed by atoms with Gasteiger partial charge in [-0.2, -0.15) is 0 Å². The summed E-state index contributed by atoms with van der Waals surface area (Å²) in [5, 5.41) is 8.97. The molecule has 0 spiro atoms. The van der Waals surface area contributed by atoms with Crippen LogP contribution >= 0.6 is 0 Å². The molecule has 20 heavy (non-hydrogen) atoms. The number of carboxylic acids is 1. The summed E-state index contributed by atoms with van der Waals surface area (Å²) in [4.78, 5) is 24.3. The van der Waals surface area contributed by atoms with Crippen LogP contribution in [0.25, 0.3) is 0 Å². The second kappa shape index (κ2) is 7.03. The highest BCUT2D eigenvalue weighted by atomic mass is 32.2. The lowest BCUT2D eigenvalue weighted by Crippen LogP contribution is -2.46. The average Bonchev–Trinajstić information content (AvgIpc) is 2.39. The molecule has 1 aliphatic heterocycles. The quantitative estimate of drug-likeness (QED) is 0.744. The Hall–Kier alpha value is -1.15. The van der Waals surface area contributed by atoms with E-state index in [4.69, 9.17) is 5.11 Å². The number of nitrogens with zero attached hydrogens (tertiary/aromatic N) is 2. The average molecular weight is 306 g/mol. The second-order valence-corrected chi connectivity index (χ2v) is 6.83. The Balaban J connectivity index is 2.69. The number of rotatable bonds is 6. The first-order valence-corrected chi connectivity index (χ1v) is 8.41. The van der Waals surface area contributed by atoms with Gasteiger partial charge in [-0.1, -0.05) is 13.8 Å². The van der Waals surface area contributed by atoms with Crippen molar-refractivity contribution in [3.8, 4) is 0 Å². The maximum Gasteiger partial charge on any atom is 0.308 e. The van der Waals surface area contributed by atoms with Crippen LogP contribution in [0.15, 0.2) is 0 Å². The minimum Gasteiger partial charge on any atom is -0.481 e. The zero-order valence-electron chi connectivity index (χ0n) is 11.9. The first-order valence-electron chi connectivity index (χ1n) is 6.80. The highest BCUT2D eigenvalue weighted by Crippen LogP contribution is 2.17. The van der Waals surface area contributed by atoms with Crippen LogP contribution < -0.4 is 0 Å². The van der Waals surface area contributed by atoms with E-state index < -0.39 is 33.6 Å². The predicted octanol–water partition coefficient (Wildman–Crippen LogP) is -0.0188. The fourth-order valence-corrected chi connectivity index (χ4v) is 3.82. The summed E-state index contributed by atoms with van der Waals surface area (Å²) in [5.74, 6) is -2.62. The number of hydrogen-bond donors (Lipinski definition) is 1. The molecular formula is C12H22N2O5S. The van der Waals surface area contributed by atoms with E-state index in [2.05, 4.69) is 0 Å². The Kier molecular flexibility index (Phi) is 5.94. The molecule has 0 aromatic heterocycles. The normalized spacial score (nSPS) is 20.1. The van der Waals surface area contributed by atoms with Gasteiger partial charge in [-0.3, -0.25) is 9.59 Å². The standard InChI is InChI=1S/C12H22N2O5S/c1-3-14(4-2)20(18,19)9-11(15)13-7-5-6-10(8-13)12(16)17/h10H,3-9H2,1-2H3,(H,16,17)/t10-/m0/s1. The minimum absolute atomic E-state index is 0.0991. The lowest BCUT2D eigenvalue weighted by Gasteiger charge is -2.31. The largest absolute Gasteiger partial charge is 0.481 e. The third-order valence-corrected chi connectivity index (χ3v) is 5.44. The molecule has 0 bridgehead atoms. The Morgan fingerprint density at radius 1 is 1.30 bits per heavy atom. The van der Waals surface area contributed by atoms with Crippen molar-refractivity contribution in [3.63, 3.8) is 0 Å². The highest BCUT2D eigenvalue weighted by molar-refractivity contribution is 7.89. The van der Waals surface area contributed by atoms with Gasteiger partial charge in [-0.15, -0.1) is 0 Å². The first-order chi connectivity index (χ1) is 9.31. The molecule has 1 aliphatic rings. The lowest BCUT2D eigenvalue weighted by atomic mass is 9.98. The van der Waals surface area contributed by atoms with Gasteiger partial charge in [0.05, 0.1) is 5.92 Å². The topological polar surface area (TPSA) is 95.0 Å². The number of likely N-dealkylation sites (tertiary alicyclic amines) is 1. The molecule has 0 saturated carbocycles. The van der Waals surface area contributed by atoms with Gasteiger partial charge in [0.2, 0.25) is 15.9 Å². The molecule has 0 radical (unpaired) electrons. The molecule has 1 atom stereocenters. The van der Waals surface area contributed by atoms with Crippen molar-refractivity contribution in [3.05, 3.63) is 0 Å². The smallest absolute Gasteiger partial charge is 0.308 e. The summed E-state index contributed by atoms with van der Waals surface area (Å²) >= 11 is 0. The van der Waals surface area contributed by atoms with Gasteiger partial charge in [-0.25, -0.2) is 12.7 Å². The van der Waals surface area contributed by atoms with E-state index >= 15 is 0 Å². The van der Waals surface area contributed by atoms with Crippen LogP contribution in [0, 0.1) is 5.92 Å². The molecular weight excluding hydrogens is 284 g/mol. The van der Waals surface area contributed by atoms with Crippen LogP contribution in [0.1, 0.15) is 26.7 Å². The van der Waals surface area contributed by atoms with Gasteiger partial charge >= 0.3 is 5.97 Å². The van der Waals surface area contributed by atoms with Gasteiger partial charge < -0.3 is 10.0 Å². The number of hydrogen-bond acceptors (Lipinski definition) is 4. The fraction of sp³-hybridized carbons (Fsp3) is 0.833. The van der Waals surface area contributed by atoms with E-state index in [0.29, 0.717) is 32.5 Å². The van der Waals surface area contributed by atoms with Gasteiger partial charge in [0, 0.05) is 26.2 Å². The van der Waals surface area contributed by atoms with E-state index in [1.807, 2.05) is 0 Å². The third-order valence-electron chi connectivity index (χ3n) is 3.53. The molecule has 8 heteroatoms. The molecule has 0 aromatic rings. The monoisotopic (exact) mass is 306 g/mol. The number of sulfonamides is 1. The molecule has 1 amide bonds. The molecule has 1 heterocycles. The lowest BCUT2D eigenvalue weighted by molar-refractivity contribution is -0.145. The predicted molar refractivity (Wildman–Crippen MR) is 73.6 cm³/mol. The number of piperidine rings is 1. The maximum atomic E-state index is 12.0. The van der Waals surface area contributed by atoms with Gasteiger partial charge in [-0.05, 0) is 12.8 Å². The molecule has 0 aliphatic carbocycles. The maximum absolute atomic E-state index is 12.0. The summed E-state index contributed by atoms with van der Waals surface area (Å²) in [6.45, 7) is 4.60. The number of carboxylic acid groups (broad SMARTS) is 1. The van der Waals surface area contributed by atoms with E-state index in [1.54, 1.807) is 13.8 Å². The number of aliphatic carboxylic acids is 1. The van der Waals surface area contributed by atoms with Crippen LogP contribution in [-0.2, 0) is 19.6 Å². The number of carbonyl (C=O) groups is 2. The summed E-state index contributed by atoms with van der Waals surface area (Å²) in [5.41, 5.74) is 0. The van der Waals surface area contributed by atoms with E-state index in [1.165, 1.54) is 9.21 Å². The summed E-state index contributed by atoms with van der Waals surface area (Å²) in [7, 11) is -3.61. The van der Waals surface area contributed by atoms with Crippen LogP contribution in [-0.4, -0.2) is 66.5 Å². The number of amides is 1. The number of carbonyl (C=O) groups excluding carboxylic acids is 1. The van der Waals surface area contributed by atoms with Crippen molar-refractivity contribution < 1.29 is 23.1 Å². The van der Waals surface area contributed by atoms with Crippen molar-refractivity contribution >= 4 is 21.9 Å². The fourth-order valence-electron chi connectivity index (χ4n) is 2.36. The molecule has 1 fully saturated rings. The van der Waals surface area contributed by atoms with Crippen molar-refractivity contribution in [2.75, 3.05) is 31.9 Å².